The fourth-order valence-electron chi connectivity index (χ4n) is 10.9. The van der Waals surface area contributed by atoms with Crippen LogP contribution in [-0.2, 0) is 80.6 Å². The number of anilines is 1. The summed E-state index contributed by atoms with van der Waals surface area (Å²) >= 11 is 0. The van der Waals surface area contributed by atoms with Gasteiger partial charge in [-0.1, -0.05) is 23.8 Å². The topological polar surface area (TPSA) is 529 Å². The summed E-state index contributed by atoms with van der Waals surface area (Å²) < 4.78 is 36.3. The summed E-state index contributed by atoms with van der Waals surface area (Å²) in [7, 11) is -4.39. The van der Waals surface area contributed by atoms with Crippen LogP contribution in [0.4, 0.5) is 5.95 Å². The van der Waals surface area contributed by atoms with E-state index in [1.165, 1.54) is 27.0 Å². The number of aryl methyl sites for hydroxylation is 4. The van der Waals surface area contributed by atoms with Crippen LogP contribution in [0.3, 0.4) is 0 Å². The van der Waals surface area contributed by atoms with Crippen LogP contribution in [0.2, 0.25) is 0 Å². The average molecular weight is 1440 g/mol. The number of H-pyrrole nitrogens is 1. The molecule has 0 spiro atoms. The number of nitrogens with one attached hydrogen (secondary N) is 9. The highest BCUT2D eigenvalue weighted by atomic mass is 32.2. The Morgan fingerprint density at radius 3 is 1.59 bits per heavy atom. The van der Waals surface area contributed by atoms with Gasteiger partial charge in [-0.15, -0.1) is 0 Å². The van der Waals surface area contributed by atoms with E-state index in [0.29, 0.717) is 29.0 Å². The zero-order valence-corrected chi connectivity index (χ0v) is 57.1. The lowest BCUT2D eigenvalue weighted by Crippen LogP contribution is -2.56. The summed E-state index contributed by atoms with van der Waals surface area (Å²) in [5.41, 5.74) is 1.70. The van der Waals surface area contributed by atoms with E-state index in [2.05, 4.69) is 51.9 Å². The maximum absolute atomic E-state index is 13.9. The van der Waals surface area contributed by atoms with E-state index in [1.807, 2.05) is 0 Å². The van der Waals surface area contributed by atoms with Crippen LogP contribution in [0.25, 0.3) is 10.9 Å². The molecule has 3 atom stereocenters. The smallest absolute Gasteiger partial charge is 0.323 e. The van der Waals surface area contributed by atoms with Crippen LogP contribution in [0.5, 0.6) is 0 Å². The first-order chi connectivity index (χ1) is 47.9. The fourth-order valence-corrected chi connectivity index (χ4v) is 12.6. The van der Waals surface area contributed by atoms with E-state index in [4.69, 9.17) is 4.74 Å². The molecule has 1 aliphatic rings. The molecule has 38 heteroatoms. The van der Waals surface area contributed by atoms with Crippen molar-refractivity contribution in [1.82, 2.24) is 70.8 Å². The first kappa shape index (κ1) is 81.7. The van der Waals surface area contributed by atoms with Crippen LogP contribution < -0.4 is 47.4 Å². The summed E-state index contributed by atoms with van der Waals surface area (Å²) in [4.78, 5) is 177. The van der Waals surface area contributed by atoms with Gasteiger partial charge in [-0.05, 0) is 68.9 Å². The minimum Gasteiger partial charge on any atom is -0.481 e. The minimum absolute atomic E-state index is 0.0206. The Morgan fingerprint density at radius 2 is 1.10 bits per heavy atom. The second-order valence-electron chi connectivity index (χ2n) is 24.0. The van der Waals surface area contributed by atoms with Crippen molar-refractivity contribution in [3.8, 4) is 0 Å². The number of carbonyl (C=O) groups is 12. The third-order valence-electron chi connectivity index (χ3n) is 15.7. The number of benzene rings is 2. The number of aromatic nitrogens is 3. The Balaban J connectivity index is 1.05. The van der Waals surface area contributed by atoms with Crippen molar-refractivity contribution in [3.05, 3.63) is 87.0 Å². The largest absolute Gasteiger partial charge is 0.481 e. The standard InChI is InChI=1S/C63H89N15O22S/c1-39-27-40(2)58(41(3)28-39)101(98,99)73-47(62(96)97)33-69-59(93)44-34-78(48-29-42(7-8-43(48)57(44)92)32-70-63-67-14-15-68-63)16-4-11-64-49(79)9-10-50(80)65-12-5-25-100-26-6-13-66-60(94)45(30-52(82)83)72-61(95)46(31-53(84)85)71-51(81)35-74-17-19-75(36-54(86)87)21-23-77(38-56(90)91)24-22-76(20-18-74)37-55(88)89/h7-8,14-15,27-29,34,45-47,73H,4-6,9-13,16-26,30-33,35-38H2,1-3H3,(H,64,79)(H,65,80)(H,66,94)(H,69,93)(H,71,81)(H,72,95)(H,82,83)(H,84,85)(H,86,87)(H,88,89)(H,90,91)(H,96,97)(H2,67,68,70)/t45-,46-,47+/m1/s1. The first-order valence-electron chi connectivity index (χ1n) is 32.3. The van der Waals surface area contributed by atoms with Crippen LogP contribution in [0, 0.1) is 20.8 Å². The van der Waals surface area contributed by atoms with Crippen LogP contribution >= 0.6 is 0 Å². The lowest BCUT2D eigenvalue weighted by Gasteiger charge is -2.33. The number of fused-ring (bicyclic) bond motifs is 1. The SMILES string of the molecule is Cc1cc(C)c(S(=O)(=O)N[C@@H](CNC(=O)c2cn(CCCNC(=O)CCC(=O)NCCCOCCCNC(=O)[C@@H](CC(=O)O)NC(=O)[C@@H](CC(=O)O)NC(=O)CN3CCN(CC(=O)O)CCN(CC(=O)O)CCN(CC(=O)O)CC3)c3cc(CNc4ncc[nH]4)ccc3c2=O)C(=O)O)c(C)c1. The van der Waals surface area contributed by atoms with Crippen molar-refractivity contribution in [2.75, 3.05) is 123 Å². The molecule has 15 N–H and O–H groups in total. The van der Waals surface area contributed by atoms with Crippen LogP contribution in [0.15, 0.2) is 58.6 Å². The highest BCUT2D eigenvalue weighted by molar-refractivity contribution is 7.89. The van der Waals surface area contributed by atoms with Crippen molar-refractivity contribution in [3.63, 3.8) is 0 Å². The second-order valence-corrected chi connectivity index (χ2v) is 25.6. The van der Waals surface area contributed by atoms with E-state index in [9.17, 15) is 101 Å². The van der Waals surface area contributed by atoms with Crippen molar-refractivity contribution < 1.29 is 101 Å². The summed E-state index contributed by atoms with van der Waals surface area (Å²) in [5.74, 6) is -12.5. The van der Waals surface area contributed by atoms with Gasteiger partial charge in [0.25, 0.3) is 5.91 Å². The molecule has 0 bridgehead atoms. The fraction of sp³-hybridized carbons (Fsp3) is 0.524. The minimum atomic E-state index is -4.39. The Kier molecular flexibility index (Phi) is 33.1. The van der Waals surface area contributed by atoms with Gasteiger partial charge in [-0.3, -0.25) is 81.9 Å². The van der Waals surface area contributed by atoms with E-state index >= 15 is 0 Å². The normalized spacial score (nSPS) is 14.6. The van der Waals surface area contributed by atoms with Gasteiger partial charge in [0.1, 0.15) is 23.7 Å². The maximum atomic E-state index is 13.9. The Bertz CT molecular complexity index is 3700. The molecule has 4 aromatic rings. The van der Waals surface area contributed by atoms with E-state index < -0.39 is 144 Å². The molecule has 5 rings (SSSR count). The molecule has 37 nitrogen and oxygen atoms in total. The molecule has 0 radical (unpaired) electrons. The number of sulfonamides is 1. The zero-order valence-electron chi connectivity index (χ0n) is 56.2. The number of carboxylic acid groups (broad SMARTS) is 6. The predicted octanol–water partition coefficient (Wildman–Crippen LogP) is -2.87. The van der Waals surface area contributed by atoms with Crippen molar-refractivity contribution in [1.29, 1.82) is 0 Å². The van der Waals surface area contributed by atoms with Gasteiger partial charge in [0, 0.05) is 142 Å². The van der Waals surface area contributed by atoms with Gasteiger partial charge < -0.3 is 82.1 Å². The molecular formula is C63H89N15O22S. The predicted molar refractivity (Wildman–Crippen MR) is 359 cm³/mol. The Morgan fingerprint density at radius 1 is 0.594 bits per heavy atom. The first-order valence-corrected chi connectivity index (χ1v) is 33.8. The molecule has 1 saturated heterocycles. The molecule has 3 heterocycles. The monoisotopic (exact) mass is 1440 g/mol. The van der Waals surface area contributed by atoms with Crippen molar-refractivity contribution in [2.24, 2.45) is 0 Å². The summed E-state index contributed by atoms with van der Waals surface area (Å²) in [5, 5.41) is 75.8. The Labute approximate surface area is 580 Å². The van der Waals surface area contributed by atoms with Crippen LogP contribution in [0.1, 0.15) is 77.6 Å². The number of ether oxygens (including phenoxy) is 1. The number of carboxylic acids is 6. The van der Waals surface area contributed by atoms with Gasteiger partial charge in [0.05, 0.1) is 49.4 Å². The number of amides is 6. The molecule has 1 aliphatic heterocycles. The van der Waals surface area contributed by atoms with E-state index in [0.717, 1.165) is 11.1 Å². The number of aliphatic carboxylic acids is 6. The lowest BCUT2D eigenvalue weighted by atomic mass is 10.1. The summed E-state index contributed by atoms with van der Waals surface area (Å²) in [6.45, 7) is 3.95. The summed E-state index contributed by atoms with van der Waals surface area (Å²) in [6, 6.07) is 2.87. The third kappa shape index (κ3) is 29.0. The van der Waals surface area contributed by atoms with Crippen molar-refractivity contribution in [2.45, 2.75) is 102 Å². The second kappa shape index (κ2) is 40.9. The average Bonchev–Trinajstić information content (AvgIpc) is 1.12. The van der Waals surface area contributed by atoms with E-state index in [-0.39, 0.29) is 146 Å². The van der Waals surface area contributed by atoms with Crippen molar-refractivity contribution >= 4 is 98.1 Å². The molecule has 554 valence electrons. The van der Waals surface area contributed by atoms with Gasteiger partial charge >= 0.3 is 35.8 Å². The van der Waals surface area contributed by atoms with Gasteiger partial charge in [-0.2, -0.15) is 4.72 Å². The molecule has 101 heavy (non-hydrogen) atoms. The third-order valence-corrected chi connectivity index (χ3v) is 17.5. The highest BCUT2D eigenvalue weighted by Gasteiger charge is 2.32. The molecule has 0 unspecified atom stereocenters. The maximum Gasteiger partial charge on any atom is 0.323 e. The van der Waals surface area contributed by atoms with Gasteiger partial charge in [-0.25, -0.2) is 13.4 Å². The van der Waals surface area contributed by atoms with E-state index in [1.54, 1.807) is 66.9 Å². The molecular weight excluding hydrogens is 1350 g/mol. The van der Waals surface area contributed by atoms with Gasteiger partial charge in [0.2, 0.25) is 45.0 Å². The number of carbonyl (C=O) groups excluding carboxylic acids is 6. The molecule has 2 aromatic heterocycles. The number of aromatic amines is 1. The quantitative estimate of drug-likeness (QED) is 0.0199. The number of hydrogen-bond acceptors (Lipinski definition) is 22. The van der Waals surface area contributed by atoms with Crippen LogP contribution in [-0.4, -0.2) is 281 Å². The van der Waals surface area contributed by atoms with Gasteiger partial charge in [0.15, 0.2) is 5.95 Å². The number of pyridine rings is 1. The number of nitrogens with zero attached hydrogens (tertiary/aromatic N) is 6. The molecule has 6 amide bonds. The number of imidazole rings is 1. The number of hydrogen-bond donors (Lipinski definition) is 15. The molecule has 1 fully saturated rings. The molecule has 2 aromatic carbocycles. The summed E-state index contributed by atoms with van der Waals surface area (Å²) in [6.07, 6.45) is 3.07. The number of rotatable bonds is 41. The zero-order chi connectivity index (χ0) is 74.3. The molecule has 0 saturated carbocycles. The Hall–Kier alpha value is -9.99. The molecule has 0 aliphatic carbocycles. The highest BCUT2D eigenvalue weighted by Crippen LogP contribution is 2.22. The lowest BCUT2D eigenvalue weighted by molar-refractivity contribution is -0.143.